The first kappa shape index (κ1) is 11.5. The molecular formula is C11H10ClFN2S. The van der Waals surface area contributed by atoms with Gasteiger partial charge in [0.25, 0.3) is 0 Å². The van der Waals surface area contributed by atoms with Crippen LogP contribution in [0, 0.1) is 5.82 Å². The third-order valence-electron chi connectivity index (χ3n) is 2.14. The monoisotopic (exact) mass is 256 g/mol. The average molecular weight is 257 g/mol. The minimum atomic E-state index is -0.412. The highest BCUT2D eigenvalue weighted by Crippen LogP contribution is 2.28. The molecule has 84 valence electrons. The summed E-state index contributed by atoms with van der Waals surface area (Å²) < 4.78 is 17.9. The van der Waals surface area contributed by atoms with Crippen molar-refractivity contribution in [2.24, 2.45) is 0 Å². The Hall–Kier alpha value is -0.970. The Morgan fingerprint density at radius 2 is 2.31 bits per heavy atom. The van der Waals surface area contributed by atoms with E-state index in [1.807, 2.05) is 13.1 Å². The van der Waals surface area contributed by atoms with Gasteiger partial charge in [-0.2, -0.15) is 4.37 Å². The Labute approximate surface area is 102 Å². The molecule has 0 aliphatic heterocycles. The smallest absolute Gasteiger partial charge is 0.151 e. The molecule has 0 fully saturated rings. The second-order valence-electron chi connectivity index (χ2n) is 3.31. The number of benzene rings is 1. The molecule has 0 saturated carbocycles. The Bertz CT molecular complexity index is 498. The summed E-state index contributed by atoms with van der Waals surface area (Å²) in [7, 11) is 1.86. The molecule has 0 spiro atoms. The van der Waals surface area contributed by atoms with Crippen molar-refractivity contribution in [2.75, 3.05) is 7.05 Å². The molecule has 0 amide bonds. The minimum absolute atomic E-state index is 0.126. The summed E-state index contributed by atoms with van der Waals surface area (Å²) in [6.07, 6.45) is 0. The predicted octanol–water partition coefficient (Wildman–Crippen LogP) is 3.32. The molecule has 0 radical (unpaired) electrons. The highest BCUT2D eigenvalue weighted by Gasteiger charge is 2.11. The van der Waals surface area contributed by atoms with Gasteiger partial charge in [-0.25, -0.2) is 4.39 Å². The number of nitrogens with zero attached hydrogens (tertiary/aromatic N) is 1. The predicted molar refractivity (Wildman–Crippen MR) is 65.3 cm³/mol. The van der Waals surface area contributed by atoms with Crippen molar-refractivity contribution in [2.45, 2.75) is 6.54 Å². The van der Waals surface area contributed by atoms with Gasteiger partial charge in [-0.3, -0.25) is 0 Å². The van der Waals surface area contributed by atoms with Crippen LogP contribution in [0.4, 0.5) is 4.39 Å². The molecule has 5 heteroatoms. The van der Waals surface area contributed by atoms with Crippen LogP contribution in [0.25, 0.3) is 11.3 Å². The van der Waals surface area contributed by atoms with Gasteiger partial charge in [0, 0.05) is 17.0 Å². The van der Waals surface area contributed by atoms with E-state index in [9.17, 15) is 4.39 Å². The minimum Gasteiger partial charge on any atom is -0.315 e. The van der Waals surface area contributed by atoms with Crippen LogP contribution in [0.5, 0.6) is 0 Å². The molecule has 2 nitrogen and oxygen atoms in total. The van der Waals surface area contributed by atoms with Crippen molar-refractivity contribution in [3.8, 4) is 11.3 Å². The molecule has 1 aromatic heterocycles. The van der Waals surface area contributed by atoms with Crippen LogP contribution in [0.15, 0.2) is 24.3 Å². The van der Waals surface area contributed by atoms with Crippen molar-refractivity contribution in [3.63, 3.8) is 0 Å². The fourth-order valence-corrected chi connectivity index (χ4v) is 2.31. The van der Waals surface area contributed by atoms with E-state index in [2.05, 4.69) is 9.69 Å². The summed E-state index contributed by atoms with van der Waals surface area (Å²) in [6, 6.07) is 6.80. The van der Waals surface area contributed by atoms with Crippen LogP contribution in [0.3, 0.4) is 0 Å². The van der Waals surface area contributed by atoms with Gasteiger partial charge >= 0.3 is 0 Å². The summed E-state index contributed by atoms with van der Waals surface area (Å²) in [5.74, 6) is -0.412. The highest BCUT2D eigenvalue weighted by atomic mass is 35.5. The molecular weight excluding hydrogens is 247 g/mol. The quantitative estimate of drug-likeness (QED) is 0.911. The Morgan fingerprint density at radius 1 is 1.50 bits per heavy atom. The third kappa shape index (κ3) is 2.24. The zero-order valence-corrected chi connectivity index (χ0v) is 10.2. The van der Waals surface area contributed by atoms with Crippen LogP contribution in [-0.2, 0) is 6.54 Å². The number of halogens is 2. The maximum absolute atomic E-state index is 13.7. The van der Waals surface area contributed by atoms with Gasteiger partial charge in [-0.1, -0.05) is 17.7 Å². The zero-order valence-electron chi connectivity index (χ0n) is 8.63. The topological polar surface area (TPSA) is 24.9 Å². The summed E-state index contributed by atoms with van der Waals surface area (Å²) in [4.78, 5) is 1.07. The third-order valence-corrected chi connectivity index (χ3v) is 3.21. The zero-order chi connectivity index (χ0) is 11.5. The second kappa shape index (κ2) is 4.91. The summed E-state index contributed by atoms with van der Waals surface area (Å²) in [5.41, 5.74) is 1.08. The maximum atomic E-state index is 13.7. The number of nitrogens with one attached hydrogen (secondary N) is 1. The molecule has 2 aromatic rings. The van der Waals surface area contributed by atoms with E-state index in [1.54, 1.807) is 12.1 Å². The molecule has 1 heterocycles. The van der Waals surface area contributed by atoms with E-state index in [1.165, 1.54) is 17.6 Å². The van der Waals surface area contributed by atoms with Crippen molar-refractivity contribution in [3.05, 3.63) is 40.0 Å². The van der Waals surface area contributed by atoms with Crippen molar-refractivity contribution in [1.29, 1.82) is 0 Å². The lowest BCUT2D eigenvalue weighted by Crippen LogP contribution is -2.02. The first-order valence-electron chi connectivity index (χ1n) is 4.77. The second-order valence-corrected chi connectivity index (χ2v) is 4.61. The van der Waals surface area contributed by atoms with E-state index in [0.29, 0.717) is 11.3 Å². The first-order valence-corrected chi connectivity index (χ1v) is 5.92. The number of hydrogen-bond acceptors (Lipinski definition) is 3. The highest BCUT2D eigenvalue weighted by molar-refractivity contribution is 7.06. The Kier molecular flexibility index (Phi) is 3.53. The van der Waals surface area contributed by atoms with Crippen LogP contribution in [-0.4, -0.2) is 11.4 Å². The largest absolute Gasteiger partial charge is 0.315 e. The summed E-state index contributed by atoms with van der Waals surface area (Å²) in [5, 5.41) is 3.15. The van der Waals surface area contributed by atoms with Crippen LogP contribution >= 0.6 is 23.1 Å². The van der Waals surface area contributed by atoms with Gasteiger partial charge < -0.3 is 5.32 Å². The van der Waals surface area contributed by atoms with Gasteiger partial charge in [0.05, 0.1) is 10.7 Å². The molecule has 0 aliphatic rings. The maximum Gasteiger partial charge on any atom is 0.151 e. The normalized spacial score (nSPS) is 10.7. The fourth-order valence-electron chi connectivity index (χ4n) is 1.40. The molecule has 1 N–H and O–H groups in total. The SMILES string of the molecule is CNCc1cc(-c2cccc(Cl)c2F)ns1. The average Bonchev–Trinajstić information content (AvgIpc) is 2.71. The van der Waals surface area contributed by atoms with Gasteiger partial charge in [0.1, 0.15) is 0 Å². The lowest BCUT2D eigenvalue weighted by molar-refractivity contribution is 0.631. The molecule has 2 rings (SSSR count). The number of aromatic nitrogens is 1. The molecule has 0 bridgehead atoms. The van der Waals surface area contributed by atoms with Crippen molar-refractivity contribution in [1.82, 2.24) is 9.69 Å². The first-order chi connectivity index (χ1) is 7.72. The van der Waals surface area contributed by atoms with Crippen LogP contribution in [0.2, 0.25) is 5.02 Å². The van der Waals surface area contributed by atoms with E-state index in [4.69, 9.17) is 11.6 Å². The fraction of sp³-hybridized carbons (Fsp3) is 0.182. The van der Waals surface area contributed by atoms with Gasteiger partial charge in [-0.05, 0) is 36.8 Å². The van der Waals surface area contributed by atoms with Gasteiger partial charge in [0.15, 0.2) is 5.82 Å². The molecule has 0 atom stereocenters. The van der Waals surface area contributed by atoms with E-state index >= 15 is 0 Å². The molecule has 1 aromatic carbocycles. The Balaban J connectivity index is 2.39. The van der Waals surface area contributed by atoms with E-state index in [-0.39, 0.29) is 5.02 Å². The van der Waals surface area contributed by atoms with Crippen molar-refractivity contribution < 1.29 is 4.39 Å². The molecule has 0 saturated heterocycles. The van der Waals surface area contributed by atoms with Crippen molar-refractivity contribution >= 4 is 23.1 Å². The summed E-state index contributed by atoms with van der Waals surface area (Å²) >= 11 is 7.08. The van der Waals surface area contributed by atoms with Gasteiger partial charge in [0.2, 0.25) is 0 Å². The summed E-state index contributed by atoms with van der Waals surface area (Å²) in [6.45, 7) is 0.736. The van der Waals surface area contributed by atoms with E-state index in [0.717, 1.165) is 11.4 Å². The molecule has 16 heavy (non-hydrogen) atoms. The number of hydrogen-bond donors (Lipinski definition) is 1. The van der Waals surface area contributed by atoms with Gasteiger partial charge in [-0.15, -0.1) is 0 Å². The Morgan fingerprint density at radius 3 is 3.06 bits per heavy atom. The number of rotatable bonds is 3. The van der Waals surface area contributed by atoms with Crippen LogP contribution in [0.1, 0.15) is 4.88 Å². The lowest BCUT2D eigenvalue weighted by Gasteiger charge is -2.00. The van der Waals surface area contributed by atoms with Crippen LogP contribution < -0.4 is 5.32 Å². The van der Waals surface area contributed by atoms with E-state index < -0.39 is 5.82 Å². The molecule has 0 aliphatic carbocycles. The lowest BCUT2D eigenvalue weighted by atomic mass is 10.1. The standard InChI is InChI=1S/C11H10ClFN2S/c1-14-6-7-5-10(15-16-7)8-3-2-4-9(12)11(8)13/h2-5,14H,6H2,1H3. The molecule has 0 unspecified atom stereocenters.